The van der Waals surface area contributed by atoms with E-state index in [1.54, 1.807) is 0 Å². The number of ether oxygens (including phenoxy) is 4. The molecule has 428 valence electrons. The Hall–Kier alpha value is -1.59. The Kier molecular flexibility index (Phi) is 65.0. The zero-order valence-corrected chi connectivity index (χ0v) is 49.3. The Morgan fingerprint density at radius 1 is 0.529 bits per heavy atom. The summed E-state index contributed by atoms with van der Waals surface area (Å²) in [4.78, 5) is 37.9. The second-order valence-corrected chi connectivity index (χ2v) is 21.7. The topological polar surface area (TPSA) is 305 Å². The van der Waals surface area contributed by atoms with Gasteiger partial charge in [0, 0.05) is 39.3 Å². The van der Waals surface area contributed by atoms with Gasteiger partial charge in [-0.05, 0) is 142 Å². The van der Waals surface area contributed by atoms with Crippen LogP contribution in [0.3, 0.4) is 0 Å². The number of hydrogen-bond acceptors (Lipinski definition) is 19. The van der Waals surface area contributed by atoms with E-state index < -0.39 is 44.9 Å². The maximum atomic E-state index is 10.6. The predicted molar refractivity (Wildman–Crippen MR) is 277 cm³/mol. The molecule has 0 aliphatic heterocycles. The highest BCUT2D eigenvalue weighted by Crippen LogP contribution is 2.33. The summed E-state index contributed by atoms with van der Waals surface area (Å²) in [6.45, 7) is 36.0. The van der Waals surface area contributed by atoms with Gasteiger partial charge in [-0.15, -0.1) is 25.3 Å². The van der Waals surface area contributed by atoms with E-state index in [0.717, 1.165) is 38.7 Å². The van der Waals surface area contributed by atoms with Crippen LogP contribution < -0.4 is 0 Å². The van der Waals surface area contributed by atoms with Crippen LogP contribution in [0.4, 0.5) is 0 Å². The Morgan fingerprint density at radius 2 is 0.814 bits per heavy atom. The van der Waals surface area contributed by atoms with Crippen LogP contribution in [-0.2, 0) is 59.6 Å². The number of nitrogens with zero attached hydrogens (tertiary/aromatic N) is 5. The highest BCUT2D eigenvalue weighted by atomic mass is 32.2. The molecule has 0 unspecified atom stereocenters. The molecule has 23 nitrogen and oxygen atoms in total. The van der Waals surface area contributed by atoms with Crippen molar-refractivity contribution in [3.63, 3.8) is 0 Å². The van der Waals surface area contributed by atoms with Crippen molar-refractivity contribution in [3.05, 3.63) is 0 Å². The van der Waals surface area contributed by atoms with Crippen molar-refractivity contribution in [1.82, 2.24) is 24.5 Å². The molecule has 0 bridgehead atoms. The zero-order valence-electron chi connectivity index (χ0n) is 45.9. The molecule has 70 heavy (non-hydrogen) atoms. The smallest absolute Gasteiger partial charge is 0.425 e. The summed E-state index contributed by atoms with van der Waals surface area (Å²) in [6, 6.07) is 0. The third kappa shape index (κ3) is 112. The van der Waals surface area contributed by atoms with Crippen LogP contribution in [0.2, 0.25) is 0 Å². The fourth-order valence-corrected chi connectivity index (χ4v) is 5.40. The standard InChI is InChI=1S/C9H21NO4S.C9H19NO3.C9H21N.C8H20NO4P.C8H19NO.2O3S/c1-9(2)14-7-6-10(3)5-4-8-15(11,12)13;1-8(2)13-7-6-10(3)5-4-9(11)12;1-5-10(4)8-6-7-9(2)3;1-8(2)13-6-4-9(3)5-7-14(10,11)12;1-5-9(4)6-7-10-8(2)3;2*1-4(2)3/h9H,4-8H2,1-3H3,(H,11,12,13);8H,4-7H2,1-3H3,(H,11,12);9H,5-8H2,1-4H3;8H,4-7H2,1-3H3,(H2,10,11,12);8H,5-7H2,1-4H3;;. The quantitative estimate of drug-likeness (QED) is 0.0551. The van der Waals surface area contributed by atoms with Crippen LogP contribution in [0, 0.1) is 5.92 Å². The second-order valence-electron chi connectivity index (χ2n) is 17.5. The van der Waals surface area contributed by atoms with Crippen molar-refractivity contribution >= 4 is 44.9 Å². The van der Waals surface area contributed by atoms with E-state index in [9.17, 15) is 17.8 Å². The molecule has 0 amide bonds. The SMILES string of the molecule is CC(C)OCCN(C)CCC(=O)O.CC(C)OCCN(C)CCCS(=O)(=O)O.CC(C)OCCN(C)CCP(=O)(O)O.CCN(C)CCCC(C)C.CCN(C)CCOC(C)C.O=S(=O)=O.O=S(=O)=O. The normalized spacial score (nSPS) is 11.3. The number of carbonyl (C=O) groups is 1. The summed E-state index contributed by atoms with van der Waals surface area (Å²) in [5.41, 5.74) is 0. The van der Waals surface area contributed by atoms with E-state index in [0.29, 0.717) is 58.5 Å². The predicted octanol–water partition coefficient (Wildman–Crippen LogP) is 3.69. The first-order valence-electron chi connectivity index (χ1n) is 23.6. The van der Waals surface area contributed by atoms with Crippen molar-refractivity contribution in [2.75, 3.05) is 139 Å². The molecule has 0 aliphatic carbocycles. The van der Waals surface area contributed by atoms with E-state index in [4.69, 9.17) is 63.6 Å². The van der Waals surface area contributed by atoms with Gasteiger partial charge in [-0.2, -0.15) is 8.42 Å². The first kappa shape index (κ1) is 82.4. The van der Waals surface area contributed by atoms with Gasteiger partial charge in [0.15, 0.2) is 0 Å². The lowest BCUT2D eigenvalue weighted by Gasteiger charge is -2.17. The van der Waals surface area contributed by atoms with Crippen molar-refractivity contribution < 1.29 is 81.4 Å². The van der Waals surface area contributed by atoms with E-state index in [1.165, 1.54) is 25.9 Å². The molecule has 0 aromatic carbocycles. The van der Waals surface area contributed by atoms with Gasteiger partial charge in [-0.25, -0.2) is 0 Å². The second kappa shape index (κ2) is 55.2. The minimum atomic E-state index is -3.85. The Morgan fingerprint density at radius 3 is 1.09 bits per heavy atom. The molecule has 0 spiro atoms. The number of carboxylic acids is 1. The average Bonchev–Trinajstić information content (AvgIpc) is 3.18. The number of hydrogen-bond donors (Lipinski definition) is 4. The summed E-state index contributed by atoms with van der Waals surface area (Å²) in [6.07, 6.45) is 4.28. The Labute approximate surface area is 427 Å². The van der Waals surface area contributed by atoms with Crippen molar-refractivity contribution in [1.29, 1.82) is 0 Å². The molecule has 0 aliphatic rings. The highest BCUT2D eigenvalue weighted by Gasteiger charge is 2.13. The van der Waals surface area contributed by atoms with E-state index in [-0.39, 0.29) is 36.6 Å². The van der Waals surface area contributed by atoms with Gasteiger partial charge in [0.1, 0.15) is 0 Å². The summed E-state index contributed by atoms with van der Waals surface area (Å²) >= 11 is 0. The van der Waals surface area contributed by atoms with Gasteiger partial charge in [-0.1, -0.05) is 27.7 Å². The monoisotopic (exact) mass is 1100 g/mol. The lowest BCUT2D eigenvalue weighted by molar-refractivity contribution is -0.137. The number of aliphatic carboxylic acids is 1. The average molecular weight is 1100 g/mol. The molecule has 0 aromatic heterocycles. The molecule has 0 saturated carbocycles. The lowest BCUT2D eigenvalue weighted by Crippen LogP contribution is -2.27. The van der Waals surface area contributed by atoms with Crippen LogP contribution in [-0.4, -0.2) is 247 Å². The maximum Gasteiger partial charge on any atom is 0.425 e. The van der Waals surface area contributed by atoms with Gasteiger partial charge in [-0.3, -0.25) is 13.9 Å². The van der Waals surface area contributed by atoms with Crippen LogP contribution in [0.15, 0.2) is 0 Å². The molecule has 0 atom stereocenters. The van der Waals surface area contributed by atoms with Gasteiger partial charge >= 0.3 is 34.8 Å². The van der Waals surface area contributed by atoms with Crippen LogP contribution in [0.5, 0.6) is 0 Å². The molecule has 0 fully saturated rings. The minimum Gasteiger partial charge on any atom is -0.481 e. The molecule has 0 heterocycles. The zero-order chi connectivity index (χ0) is 56.5. The number of likely N-dealkylation sites (N-methyl/N-ethyl adjacent to an activating group) is 4. The third-order valence-corrected chi connectivity index (χ3v) is 10.1. The lowest BCUT2D eigenvalue weighted by atomic mass is 10.1. The van der Waals surface area contributed by atoms with Crippen molar-refractivity contribution in [2.45, 2.75) is 133 Å². The summed E-state index contributed by atoms with van der Waals surface area (Å²) in [5.74, 6) is -0.0653. The first-order chi connectivity index (χ1) is 31.9. The Bertz CT molecular complexity index is 1480. The van der Waals surface area contributed by atoms with E-state index in [2.05, 4.69) is 65.4 Å². The minimum absolute atomic E-state index is 0.0921. The van der Waals surface area contributed by atoms with Gasteiger partial charge in [0.05, 0.1) is 69.2 Å². The maximum absolute atomic E-state index is 10.6. The first-order valence-corrected chi connectivity index (χ1v) is 29.0. The summed E-state index contributed by atoms with van der Waals surface area (Å²) in [7, 11) is -3.99. The van der Waals surface area contributed by atoms with Gasteiger partial charge < -0.3 is 58.3 Å². The molecule has 4 N–H and O–H groups in total. The molecule has 0 aromatic rings. The largest absolute Gasteiger partial charge is 0.481 e. The molecular formula is C43H100N5O18PS3. The molecule has 0 radical (unpaired) electrons. The fraction of sp³-hybridized carbons (Fsp3) is 0.977. The van der Waals surface area contributed by atoms with Crippen LogP contribution >= 0.6 is 7.60 Å². The van der Waals surface area contributed by atoms with Gasteiger partial charge in [0.25, 0.3) is 10.1 Å². The van der Waals surface area contributed by atoms with Crippen LogP contribution in [0.25, 0.3) is 0 Å². The summed E-state index contributed by atoms with van der Waals surface area (Å²) in [5, 5.41) is 8.42. The van der Waals surface area contributed by atoms with Crippen molar-refractivity contribution in [3.8, 4) is 0 Å². The van der Waals surface area contributed by atoms with Crippen molar-refractivity contribution in [2.24, 2.45) is 5.92 Å². The molecule has 0 saturated heterocycles. The number of carboxylic acid groups (broad SMARTS) is 1. The third-order valence-electron chi connectivity index (χ3n) is 8.52. The van der Waals surface area contributed by atoms with Gasteiger partial charge in [0.2, 0.25) is 0 Å². The summed E-state index contributed by atoms with van der Waals surface area (Å²) < 4.78 is 112. The number of rotatable bonds is 32. The molecule has 0 rings (SSSR count). The highest BCUT2D eigenvalue weighted by molar-refractivity contribution is 7.85. The fourth-order valence-electron chi connectivity index (χ4n) is 4.30. The van der Waals surface area contributed by atoms with E-state index >= 15 is 0 Å². The van der Waals surface area contributed by atoms with Crippen LogP contribution in [0.1, 0.15) is 109 Å². The Balaban J connectivity index is -0.000000137. The molecule has 27 heteroatoms. The van der Waals surface area contributed by atoms with E-state index in [1.807, 2.05) is 77.4 Å². The molecular weight excluding hydrogens is 1000 g/mol.